The summed E-state index contributed by atoms with van der Waals surface area (Å²) in [4.78, 5) is 61.3. The van der Waals surface area contributed by atoms with Gasteiger partial charge < -0.3 is 39.0 Å². The number of aliphatic hydroxyl groups excluding tert-OH is 1. The first-order chi connectivity index (χ1) is 14.0. The summed E-state index contributed by atoms with van der Waals surface area (Å²) < 4.78 is 40.5. The van der Waals surface area contributed by atoms with Gasteiger partial charge in [-0.25, -0.2) is 18.2 Å². The molecule has 1 aliphatic rings. The van der Waals surface area contributed by atoms with Crippen molar-refractivity contribution in [1.82, 2.24) is 9.55 Å². The lowest BCUT2D eigenvalue weighted by molar-refractivity contribution is -0.0807. The van der Waals surface area contributed by atoms with Crippen molar-refractivity contribution >= 4 is 34.2 Å². The van der Waals surface area contributed by atoms with Crippen LogP contribution in [0.2, 0.25) is 0 Å². The minimum absolute atomic E-state index is 0.730. The van der Waals surface area contributed by atoms with Gasteiger partial charge in [-0.2, -0.15) is 4.31 Å². The lowest BCUT2D eigenvalue weighted by Gasteiger charge is -2.28. The number of hydrogen-bond donors (Lipinski definition) is 7. The normalized spacial score (nSPS) is 30.5. The summed E-state index contributed by atoms with van der Waals surface area (Å²) in [7, 11) is -11.1. The Bertz CT molecular complexity index is 1100. The Hall–Kier alpha value is -0.870. The summed E-state index contributed by atoms with van der Waals surface area (Å²) in [6, 6.07) is 0.936. The fourth-order valence-corrected chi connectivity index (χ4v) is 6.49. The molecule has 1 saturated heterocycles. The Morgan fingerprint density at radius 1 is 1.29 bits per heavy atom. The summed E-state index contributed by atoms with van der Waals surface area (Å²) in [5.41, 5.74) is -4.05. The zero-order valence-corrected chi connectivity index (χ0v) is 18.5. The van der Waals surface area contributed by atoms with Crippen LogP contribution in [0, 0.1) is 0 Å². The summed E-state index contributed by atoms with van der Waals surface area (Å²) >= 11 is 4.44. The molecule has 176 valence electrons. The molecule has 1 aromatic rings. The number of H-pyrrole nitrogens is 1. The van der Waals surface area contributed by atoms with Crippen LogP contribution in [-0.2, 0) is 38.8 Å². The maximum Gasteiger partial charge on any atom is 0.488 e. The van der Waals surface area contributed by atoms with Gasteiger partial charge in [-0.05, 0) is 11.8 Å². The zero-order chi connectivity index (χ0) is 23.8. The first-order valence-electron chi connectivity index (χ1n) is 7.79. The van der Waals surface area contributed by atoms with Gasteiger partial charge in [0.25, 0.3) is 5.56 Å². The summed E-state index contributed by atoms with van der Waals surface area (Å²) in [5.74, 6) is 0. The fourth-order valence-electron chi connectivity index (χ4n) is 2.52. The predicted octanol–water partition coefficient (Wildman–Crippen LogP) is -1.83. The Morgan fingerprint density at radius 2 is 1.90 bits per heavy atom. The fraction of sp³-hybridized carbons (Fsp3) is 0.455. The van der Waals surface area contributed by atoms with Gasteiger partial charge in [-0.1, -0.05) is 12.7 Å². The van der Waals surface area contributed by atoms with E-state index in [4.69, 9.17) is 19.0 Å². The van der Waals surface area contributed by atoms with Crippen molar-refractivity contribution in [3.8, 4) is 0 Å². The molecule has 0 radical (unpaired) electrons. The molecule has 0 aromatic carbocycles. The lowest BCUT2D eigenvalue weighted by Crippen LogP contribution is -2.47. The summed E-state index contributed by atoms with van der Waals surface area (Å²) in [5, 5.41) is 21.1. The van der Waals surface area contributed by atoms with Gasteiger partial charge in [0.1, 0.15) is 12.2 Å². The quantitative estimate of drug-likeness (QED) is 0.138. The van der Waals surface area contributed by atoms with Crippen molar-refractivity contribution in [3.63, 3.8) is 0 Å². The molecule has 1 aliphatic heterocycles. The van der Waals surface area contributed by atoms with E-state index in [2.05, 4.69) is 27.0 Å². The highest BCUT2D eigenvalue weighted by molar-refractivity contribution is 8.08. The molecule has 0 bridgehead atoms. The van der Waals surface area contributed by atoms with Gasteiger partial charge in [-0.15, -0.1) is 0 Å². The van der Waals surface area contributed by atoms with Gasteiger partial charge in [0.05, 0.1) is 6.61 Å². The van der Waals surface area contributed by atoms with Gasteiger partial charge in [0.15, 0.2) is 11.8 Å². The van der Waals surface area contributed by atoms with E-state index >= 15 is 0 Å². The second-order valence-corrected chi connectivity index (χ2v) is 11.8. The Balaban J connectivity index is 2.19. The van der Waals surface area contributed by atoms with Crippen LogP contribution in [0.25, 0.3) is 0 Å². The number of hydrogen-bond acceptors (Lipinski definition) is 11. The largest absolute Gasteiger partial charge is 0.488 e. The van der Waals surface area contributed by atoms with Crippen molar-refractivity contribution in [1.29, 1.82) is 0 Å². The average Bonchev–Trinajstić information content (AvgIpc) is 2.82. The zero-order valence-electron chi connectivity index (χ0n) is 15.0. The Kier molecular flexibility index (Phi) is 7.81. The SMILES string of the molecule is C=C[C@@]1(O)[C@H](O)[C@@H](COP(O)(=S)OP(=O)(O)OP(=O)(O)O)O[C@H]1n1ccc(=O)[nH]c1=O. The minimum atomic E-state index is -5.56. The molecule has 0 aliphatic carbocycles. The van der Waals surface area contributed by atoms with Gasteiger partial charge >= 0.3 is 28.1 Å². The second kappa shape index (κ2) is 9.17. The van der Waals surface area contributed by atoms with Crippen molar-refractivity contribution in [3.05, 3.63) is 45.8 Å². The number of ether oxygens (including phenoxy) is 1. The van der Waals surface area contributed by atoms with E-state index in [0.717, 1.165) is 22.9 Å². The van der Waals surface area contributed by atoms with Crippen LogP contribution < -0.4 is 11.2 Å². The van der Waals surface area contributed by atoms with Crippen LogP contribution in [0.5, 0.6) is 0 Å². The van der Waals surface area contributed by atoms with Crippen LogP contribution in [0.4, 0.5) is 0 Å². The first kappa shape index (κ1) is 26.4. The Labute approximate surface area is 177 Å². The van der Waals surface area contributed by atoms with E-state index in [0.29, 0.717) is 0 Å². The van der Waals surface area contributed by atoms with Crippen LogP contribution in [0.15, 0.2) is 34.5 Å². The van der Waals surface area contributed by atoms with Crippen molar-refractivity contribution in [2.75, 3.05) is 6.61 Å². The van der Waals surface area contributed by atoms with Crippen LogP contribution in [0.1, 0.15) is 6.23 Å². The summed E-state index contributed by atoms with van der Waals surface area (Å²) in [6.07, 6.45) is -3.20. The van der Waals surface area contributed by atoms with Gasteiger partial charge in [0, 0.05) is 12.3 Å². The highest BCUT2D eigenvalue weighted by Gasteiger charge is 2.55. The number of rotatable bonds is 9. The predicted molar refractivity (Wildman–Crippen MR) is 103 cm³/mol. The number of phosphoric acid groups is 2. The van der Waals surface area contributed by atoms with Crippen LogP contribution in [-0.4, -0.2) is 63.8 Å². The second-order valence-electron chi connectivity index (χ2n) is 5.97. The highest BCUT2D eigenvalue weighted by Crippen LogP contribution is 2.66. The third-order valence-corrected chi connectivity index (χ3v) is 8.49. The average molecular weight is 526 g/mol. The van der Waals surface area contributed by atoms with E-state index in [-0.39, 0.29) is 0 Å². The number of nitrogens with zero attached hydrogens (tertiary/aromatic N) is 1. The van der Waals surface area contributed by atoms with Crippen molar-refractivity contribution in [2.45, 2.75) is 24.0 Å². The molecule has 0 spiro atoms. The molecule has 0 saturated carbocycles. The molecule has 2 unspecified atom stereocenters. The minimum Gasteiger partial charge on any atom is -0.387 e. The van der Waals surface area contributed by atoms with Crippen LogP contribution in [0.3, 0.4) is 0 Å². The van der Waals surface area contributed by atoms with Crippen molar-refractivity contribution < 1.29 is 56.8 Å². The maximum atomic E-state index is 12.0. The third kappa shape index (κ3) is 6.57. The molecular formula is C11H17N2O14P3S. The molecule has 20 heteroatoms. The first-order valence-corrected chi connectivity index (χ1v) is 13.4. The molecule has 6 atom stereocenters. The van der Waals surface area contributed by atoms with E-state index in [9.17, 15) is 38.7 Å². The molecular weight excluding hydrogens is 509 g/mol. The smallest absolute Gasteiger partial charge is 0.387 e. The maximum absolute atomic E-state index is 12.0. The molecule has 1 fully saturated rings. The lowest BCUT2D eigenvalue weighted by atomic mass is 9.94. The molecule has 16 nitrogen and oxygen atoms in total. The van der Waals surface area contributed by atoms with E-state index in [1.807, 2.05) is 4.98 Å². The molecule has 31 heavy (non-hydrogen) atoms. The topological polar surface area (TPSA) is 247 Å². The standard InChI is InChI=1S/C11H17N2O14P3S/c1-2-11(17)8(15)6(25-9(11)13-4-3-7(14)12-10(13)16)5-24-30(23,31)27-29(21,22)26-28(18,19)20/h2-4,6,8-9,15,17H,1,5H2,(H,21,22)(H,23,31)(H,12,14,16)(H2,18,19,20)/t6-,8-,9-,11-,30?/m1/s1. The number of nitrogens with one attached hydrogen (secondary N) is 1. The molecule has 7 N–H and O–H groups in total. The molecule has 1 aromatic heterocycles. The highest BCUT2D eigenvalue weighted by atomic mass is 32.5. The van der Waals surface area contributed by atoms with E-state index < -0.39 is 64.3 Å². The van der Waals surface area contributed by atoms with Gasteiger partial charge in [0.2, 0.25) is 0 Å². The number of aromatic nitrogens is 2. The van der Waals surface area contributed by atoms with Crippen LogP contribution >= 0.6 is 22.4 Å². The van der Waals surface area contributed by atoms with E-state index in [1.165, 1.54) is 0 Å². The Morgan fingerprint density at radius 3 is 2.42 bits per heavy atom. The third-order valence-electron chi connectivity index (χ3n) is 3.77. The molecule has 2 rings (SSSR count). The summed E-state index contributed by atoms with van der Waals surface area (Å²) in [6.45, 7) is -2.25. The monoisotopic (exact) mass is 526 g/mol. The molecule has 0 amide bonds. The number of aliphatic hydroxyl groups is 2. The van der Waals surface area contributed by atoms with E-state index in [1.54, 1.807) is 0 Å². The molecule has 2 heterocycles. The number of aromatic amines is 1. The van der Waals surface area contributed by atoms with Gasteiger partial charge in [-0.3, -0.25) is 14.3 Å². The van der Waals surface area contributed by atoms with Crippen molar-refractivity contribution in [2.24, 2.45) is 0 Å².